The second kappa shape index (κ2) is 9.11. The molecule has 3 N–H and O–H groups in total. The molecule has 1 amide bonds. The maximum atomic E-state index is 12.4. The summed E-state index contributed by atoms with van der Waals surface area (Å²) >= 11 is 29.1. The lowest BCUT2D eigenvalue weighted by molar-refractivity contribution is 0.0934. The molecule has 2 rings (SSSR count). The van der Waals surface area contributed by atoms with Crippen LogP contribution < -0.4 is 16.0 Å². The van der Waals surface area contributed by atoms with E-state index in [9.17, 15) is 4.79 Å². The van der Waals surface area contributed by atoms with Crippen molar-refractivity contribution in [3.63, 3.8) is 0 Å². The first-order valence-corrected chi connectivity index (χ1v) is 9.34. The Labute approximate surface area is 177 Å². The highest BCUT2D eigenvalue weighted by molar-refractivity contribution is 7.80. The Bertz CT molecular complexity index is 811. The number of halogens is 4. The predicted octanol–water partition coefficient (Wildman–Crippen LogP) is 5.06. The zero-order chi connectivity index (χ0) is 19.3. The first kappa shape index (κ1) is 21.1. The molecule has 1 atom stereocenters. The molecule has 26 heavy (non-hydrogen) atoms. The Kier molecular flexibility index (Phi) is 7.38. The maximum absolute atomic E-state index is 12.4. The minimum atomic E-state index is -1.84. The monoisotopic (exact) mass is 449 g/mol. The van der Waals surface area contributed by atoms with Gasteiger partial charge < -0.3 is 16.0 Å². The van der Waals surface area contributed by atoms with E-state index >= 15 is 0 Å². The normalized spacial score (nSPS) is 12.2. The third-order valence-electron chi connectivity index (χ3n) is 3.24. The highest BCUT2D eigenvalue weighted by Gasteiger charge is 2.34. The molecular formula is C17H15Cl4N3OS. The quantitative estimate of drug-likeness (QED) is 0.346. The third kappa shape index (κ3) is 6.49. The average Bonchev–Trinajstić information content (AvgIpc) is 2.53. The molecule has 0 saturated heterocycles. The smallest absolute Gasteiger partial charge is 0.253 e. The number of rotatable bonds is 4. The maximum Gasteiger partial charge on any atom is 0.253 e. The number of hydrogen-bond donors (Lipinski definition) is 3. The Morgan fingerprint density at radius 1 is 1.08 bits per heavy atom. The summed E-state index contributed by atoms with van der Waals surface area (Å²) in [5, 5.41) is 8.99. The van der Waals surface area contributed by atoms with Gasteiger partial charge in [0.05, 0.1) is 0 Å². The summed E-state index contributed by atoms with van der Waals surface area (Å²) in [6, 6.07) is 14.0. The van der Waals surface area contributed by atoms with Gasteiger partial charge in [-0.1, -0.05) is 64.6 Å². The van der Waals surface area contributed by atoms with Crippen molar-refractivity contribution < 1.29 is 4.79 Å². The first-order chi connectivity index (χ1) is 12.1. The minimum Gasteiger partial charge on any atom is -0.339 e. The topological polar surface area (TPSA) is 53.2 Å². The SMILES string of the molecule is Cc1cccc(NC(=S)N[C@H](NC(=O)c2cccc(Cl)c2)C(Cl)(Cl)Cl)c1. The summed E-state index contributed by atoms with van der Waals surface area (Å²) in [6.45, 7) is 1.96. The highest BCUT2D eigenvalue weighted by Crippen LogP contribution is 2.29. The number of carbonyl (C=O) groups excluding carboxylic acids is 1. The van der Waals surface area contributed by atoms with Crippen LogP contribution in [0.25, 0.3) is 0 Å². The molecule has 0 aliphatic rings. The van der Waals surface area contributed by atoms with Gasteiger partial charge in [0.1, 0.15) is 6.17 Å². The Morgan fingerprint density at radius 2 is 1.77 bits per heavy atom. The van der Waals surface area contributed by atoms with Crippen LogP contribution in [0.5, 0.6) is 0 Å². The molecule has 2 aromatic carbocycles. The number of amides is 1. The van der Waals surface area contributed by atoms with Crippen molar-refractivity contribution in [1.82, 2.24) is 10.6 Å². The molecule has 0 radical (unpaired) electrons. The van der Waals surface area contributed by atoms with Gasteiger partial charge in [-0.3, -0.25) is 4.79 Å². The van der Waals surface area contributed by atoms with E-state index in [2.05, 4.69) is 16.0 Å². The van der Waals surface area contributed by atoms with E-state index in [1.54, 1.807) is 18.2 Å². The number of hydrogen-bond acceptors (Lipinski definition) is 2. The number of anilines is 1. The molecule has 4 nitrogen and oxygen atoms in total. The third-order valence-corrected chi connectivity index (χ3v) is 4.35. The fraction of sp³-hybridized carbons (Fsp3) is 0.176. The second-order valence-electron chi connectivity index (χ2n) is 5.43. The van der Waals surface area contributed by atoms with Crippen LogP contribution in [0.3, 0.4) is 0 Å². The van der Waals surface area contributed by atoms with Crippen molar-refractivity contribution in [2.24, 2.45) is 0 Å². The van der Waals surface area contributed by atoms with Crippen molar-refractivity contribution in [2.75, 3.05) is 5.32 Å². The molecule has 0 aromatic heterocycles. The van der Waals surface area contributed by atoms with Crippen molar-refractivity contribution in [3.05, 3.63) is 64.7 Å². The highest BCUT2D eigenvalue weighted by atomic mass is 35.6. The van der Waals surface area contributed by atoms with E-state index in [4.69, 9.17) is 58.6 Å². The molecule has 0 unspecified atom stereocenters. The molecule has 9 heteroatoms. The molecule has 0 aliphatic carbocycles. The van der Waals surface area contributed by atoms with E-state index in [-0.39, 0.29) is 5.11 Å². The standard InChI is InChI=1S/C17H15Cl4N3OS/c1-10-4-2-7-13(8-10)22-16(26)24-15(17(19,20)21)23-14(25)11-5-3-6-12(18)9-11/h2-9,15H,1H3,(H,23,25)(H2,22,24,26)/t15-/m0/s1. The fourth-order valence-corrected chi connectivity index (χ4v) is 2.82. The lowest BCUT2D eigenvalue weighted by Crippen LogP contribution is -2.56. The van der Waals surface area contributed by atoms with Gasteiger partial charge in [-0.05, 0) is 55.0 Å². The van der Waals surface area contributed by atoms with Crippen LogP contribution in [-0.2, 0) is 0 Å². The van der Waals surface area contributed by atoms with Gasteiger partial charge in [0.25, 0.3) is 5.91 Å². The van der Waals surface area contributed by atoms with E-state index in [0.29, 0.717) is 10.6 Å². The molecule has 0 fully saturated rings. The predicted molar refractivity (Wildman–Crippen MR) is 114 cm³/mol. The van der Waals surface area contributed by atoms with Gasteiger partial charge in [-0.15, -0.1) is 0 Å². The summed E-state index contributed by atoms with van der Waals surface area (Å²) < 4.78 is -1.84. The molecular weight excluding hydrogens is 436 g/mol. The summed E-state index contributed by atoms with van der Waals surface area (Å²) in [6.07, 6.45) is -1.07. The van der Waals surface area contributed by atoms with Gasteiger partial charge in [0, 0.05) is 16.3 Å². The van der Waals surface area contributed by atoms with Crippen LogP contribution in [0.2, 0.25) is 5.02 Å². The number of alkyl halides is 3. The van der Waals surface area contributed by atoms with Crippen LogP contribution in [0.4, 0.5) is 5.69 Å². The first-order valence-electron chi connectivity index (χ1n) is 7.42. The van der Waals surface area contributed by atoms with Gasteiger partial charge in [0.15, 0.2) is 5.11 Å². The van der Waals surface area contributed by atoms with Gasteiger partial charge in [-0.2, -0.15) is 0 Å². The van der Waals surface area contributed by atoms with Gasteiger partial charge >= 0.3 is 0 Å². The van der Waals surface area contributed by atoms with Gasteiger partial charge in [0.2, 0.25) is 3.79 Å². The van der Waals surface area contributed by atoms with Crippen LogP contribution in [0.15, 0.2) is 48.5 Å². The molecule has 138 valence electrons. The fourth-order valence-electron chi connectivity index (χ4n) is 2.06. The number of nitrogens with one attached hydrogen (secondary N) is 3. The number of benzene rings is 2. The van der Waals surface area contributed by atoms with Crippen LogP contribution in [0, 0.1) is 6.92 Å². The van der Waals surface area contributed by atoms with E-state index in [1.165, 1.54) is 6.07 Å². The molecule has 2 aromatic rings. The summed E-state index contributed by atoms with van der Waals surface area (Å²) in [5.41, 5.74) is 2.16. The van der Waals surface area contributed by atoms with Crippen molar-refractivity contribution >= 4 is 75.3 Å². The summed E-state index contributed by atoms with van der Waals surface area (Å²) in [4.78, 5) is 12.4. The molecule has 0 bridgehead atoms. The van der Waals surface area contributed by atoms with E-state index in [1.807, 2.05) is 31.2 Å². The van der Waals surface area contributed by atoms with Crippen molar-refractivity contribution in [3.8, 4) is 0 Å². The zero-order valence-corrected chi connectivity index (χ0v) is 17.4. The van der Waals surface area contributed by atoms with E-state index < -0.39 is 15.9 Å². The largest absolute Gasteiger partial charge is 0.339 e. The average molecular weight is 451 g/mol. The van der Waals surface area contributed by atoms with Crippen LogP contribution in [-0.4, -0.2) is 21.0 Å². The summed E-state index contributed by atoms with van der Waals surface area (Å²) in [7, 11) is 0. The lowest BCUT2D eigenvalue weighted by atomic mass is 10.2. The Morgan fingerprint density at radius 3 is 2.38 bits per heavy atom. The van der Waals surface area contributed by atoms with Crippen LogP contribution in [0.1, 0.15) is 15.9 Å². The zero-order valence-electron chi connectivity index (χ0n) is 13.5. The number of carbonyl (C=O) groups is 1. The number of thiocarbonyl (C=S) groups is 1. The molecule has 0 spiro atoms. The lowest BCUT2D eigenvalue weighted by Gasteiger charge is -2.27. The van der Waals surface area contributed by atoms with Crippen molar-refractivity contribution in [1.29, 1.82) is 0 Å². The molecule has 0 saturated carbocycles. The van der Waals surface area contributed by atoms with E-state index in [0.717, 1.165) is 11.3 Å². The Balaban J connectivity index is 2.07. The number of aryl methyl sites for hydroxylation is 1. The minimum absolute atomic E-state index is 0.193. The Hall–Kier alpha value is -1.24. The van der Waals surface area contributed by atoms with Crippen LogP contribution >= 0.6 is 58.6 Å². The second-order valence-corrected chi connectivity index (χ2v) is 8.64. The molecule has 0 aliphatic heterocycles. The summed E-state index contributed by atoms with van der Waals surface area (Å²) in [5.74, 6) is -0.463. The van der Waals surface area contributed by atoms with Gasteiger partial charge in [-0.25, -0.2) is 0 Å². The molecule has 0 heterocycles. The van der Waals surface area contributed by atoms with Crippen molar-refractivity contribution in [2.45, 2.75) is 16.9 Å².